The minimum Gasteiger partial charge on any atom is -0.497 e. The summed E-state index contributed by atoms with van der Waals surface area (Å²) in [7, 11) is 1.63. The zero-order chi connectivity index (χ0) is 17.7. The molecule has 0 saturated heterocycles. The zero-order valence-corrected chi connectivity index (χ0v) is 14.3. The Labute approximate surface area is 147 Å². The lowest BCUT2D eigenvalue weighted by Gasteiger charge is -2.26. The van der Waals surface area contributed by atoms with Crippen molar-refractivity contribution in [2.24, 2.45) is 5.92 Å². The van der Waals surface area contributed by atoms with E-state index in [0.717, 1.165) is 30.6 Å². The van der Waals surface area contributed by atoms with Crippen LogP contribution in [0.5, 0.6) is 5.75 Å². The number of rotatable bonds is 8. The van der Waals surface area contributed by atoms with Crippen LogP contribution in [0.25, 0.3) is 0 Å². The van der Waals surface area contributed by atoms with Crippen molar-refractivity contribution in [2.45, 2.75) is 24.9 Å². The van der Waals surface area contributed by atoms with Crippen LogP contribution >= 0.6 is 0 Å². The van der Waals surface area contributed by atoms with Gasteiger partial charge in [0.2, 0.25) is 0 Å². The van der Waals surface area contributed by atoms with Crippen LogP contribution in [0.3, 0.4) is 0 Å². The van der Waals surface area contributed by atoms with E-state index in [1.165, 1.54) is 6.26 Å². The number of benzene rings is 1. The summed E-state index contributed by atoms with van der Waals surface area (Å²) in [5.41, 5.74) is -0.0113. The van der Waals surface area contributed by atoms with Gasteiger partial charge < -0.3 is 24.9 Å². The molecule has 0 bridgehead atoms. The van der Waals surface area contributed by atoms with E-state index < -0.39 is 5.60 Å². The number of urea groups is 1. The first kappa shape index (κ1) is 17.4. The molecule has 1 atom stereocenters. The van der Waals surface area contributed by atoms with Crippen LogP contribution in [0, 0.1) is 5.92 Å². The molecule has 2 amide bonds. The van der Waals surface area contributed by atoms with Crippen molar-refractivity contribution in [2.75, 3.05) is 20.2 Å². The number of ether oxygens (including phenoxy) is 1. The van der Waals surface area contributed by atoms with Gasteiger partial charge >= 0.3 is 6.03 Å². The second-order valence-electron chi connectivity index (χ2n) is 6.38. The predicted molar refractivity (Wildman–Crippen MR) is 93.4 cm³/mol. The normalized spacial score (nSPS) is 16.1. The summed E-state index contributed by atoms with van der Waals surface area (Å²) in [6.07, 6.45) is 4.15. The summed E-state index contributed by atoms with van der Waals surface area (Å²) >= 11 is 0. The second kappa shape index (κ2) is 7.61. The third-order valence-corrected chi connectivity index (χ3v) is 4.58. The quantitative estimate of drug-likeness (QED) is 0.687. The van der Waals surface area contributed by atoms with Gasteiger partial charge in [-0.1, -0.05) is 12.1 Å². The maximum absolute atomic E-state index is 12.0. The SMILES string of the molecule is COc1ccc(CCNC(=O)NCC(O)(c2ccco2)C2CC2)cc1. The molecule has 1 aliphatic carbocycles. The molecule has 1 unspecified atom stereocenters. The maximum atomic E-state index is 12.0. The molecule has 1 heterocycles. The van der Waals surface area contributed by atoms with E-state index in [1.807, 2.05) is 24.3 Å². The van der Waals surface area contributed by atoms with E-state index in [2.05, 4.69) is 10.6 Å². The number of amides is 2. The number of aliphatic hydroxyl groups is 1. The van der Waals surface area contributed by atoms with Crippen molar-refractivity contribution >= 4 is 6.03 Å². The summed E-state index contributed by atoms with van der Waals surface area (Å²) in [5, 5.41) is 16.4. The summed E-state index contributed by atoms with van der Waals surface area (Å²) in [5.74, 6) is 1.46. The minimum absolute atomic E-state index is 0.137. The van der Waals surface area contributed by atoms with Crippen molar-refractivity contribution in [3.8, 4) is 5.75 Å². The highest BCUT2D eigenvalue weighted by Gasteiger charge is 2.47. The number of hydrogen-bond acceptors (Lipinski definition) is 4. The number of furan rings is 1. The molecule has 25 heavy (non-hydrogen) atoms. The van der Waals surface area contributed by atoms with Gasteiger partial charge in [-0.15, -0.1) is 0 Å². The Morgan fingerprint density at radius 3 is 2.64 bits per heavy atom. The van der Waals surface area contributed by atoms with Crippen LogP contribution < -0.4 is 15.4 Å². The number of methoxy groups -OCH3 is 1. The molecule has 2 aromatic rings. The second-order valence-corrected chi connectivity index (χ2v) is 6.38. The summed E-state index contributed by atoms with van der Waals surface area (Å²) in [4.78, 5) is 12.0. The van der Waals surface area contributed by atoms with Crippen LogP contribution in [0.1, 0.15) is 24.2 Å². The predicted octanol–water partition coefficient (Wildman–Crippen LogP) is 2.43. The molecule has 1 aliphatic rings. The van der Waals surface area contributed by atoms with Crippen LogP contribution in [-0.2, 0) is 12.0 Å². The standard InChI is InChI=1S/C19H24N2O4/c1-24-16-8-4-14(5-9-16)10-11-20-18(22)21-13-19(23,15-6-7-15)17-3-2-12-25-17/h2-5,8-9,12,15,23H,6-7,10-11,13H2,1H3,(H2,20,21,22). The van der Waals surface area contributed by atoms with Crippen LogP contribution in [-0.4, -0.2) is 31.3 Å². The average molecular weight is 344 g/mol. The maximum Gasteiger partial charge on any atom is 0.314 e. The molecule has 0 aliphatic heterocycles. The Morgan fingerprint density at radius 2 is 2.04 bits per heavy atom. The van der Waals surface area contributed by atoms with E-state index in [1.54, 1.807) is 19.2 Å². The summed E-state index contributed by atoms with van der Waals surface area (Å²) in [6.45, 7) is 0.653. The number of carbonyl (C=O) groups excluding carboxylic acids is 1. The molecule has 0 radical (unpaired) electrons. The van der Waals surface area contributed by atoms with E-state index >= 15 is 0 Å². The first-order chi connectivity index (χ1) is 12.1. The average Bonchev–Trinajstić information content (AvgIpc) is 3.35. The van der Waals surface area contributed by atoms with Gasteiger partial charge in [0.15, 0.2) is 0 Å². The fourth-order valence-electron chi connectivity index (χ4n) is 2.91. The monoisotopic (exact) mass is 344 g/mol. The lowest BCUT2D eigenvalue weighted by atomic mass is 9.94. The fraction of sp³-hybridized carbons (Fsp3) is 0.421. The highest BCUT2D eigenvalue weighted by Crippen LogP contribution is 2.45. The number of carbonyl (C=O) groups is 1. The number of hydrogen-bond donors (Lipinski definition) is 3. The van der Waals surface area contributed by atoms with Gasteiger partial charge in [-0.05, 0) is 55.0 Å². The van der Waals surface area contributed by atoms with Gasteiger partial charge in [-0.2, -0.15) is 0 Å². The molecule has 1 saturated carbocycles. The molecule has 1 fully saturated rings. The highest BCUT2D eigenvalue weighted by atomic mass is 16.5. The third kappa shape index (κ3) is 4.33. The Kier molecular flexibility index (Phi) is 5.28. The Morgan fingerprint density at radius 1 is 1.28 bits per heavy atom. The molecule has 0 spiro atoms. The van der Waals surface area contributed by atoms with Crippen LogP contribution in [0.2, 0.25) is 0 Å². The Bertz CT molecular complexity index is 680. The smallest absolute Gasteiger partial charge is 0.314 e. The number of nitrogens with one attached hydrogen (secondary N) is 2. The van der Waals surface area contributed by atoms with Gasteiger partial charge in [-0.3, -0.25) is 0 Å². The van der Waals surface area contributed by atoms with Crippen molar-refractivity contribution in [1.29, 1.82) is 0 Å². The van der Waals surface area contributed by atoms with Crippen molar-refractivity contribution in [3.63, 3.8) is 0 Å². The molecule has 6 heteroatoms. The molecular formula is C19H24N2O4. The minimum atomic E-state index is -1.13. The summed E-state index contributed by atoms with van der Waals surface area (Å²) < 4.78 is 10.5. The largest absolute Gasteiger partial charge is 0.497 e. The van der Waals surface area contributed by atoms with E-state index in [-0.39, 0.29) is 18.5 Å². The molecule has 134 valence electrons. The first-order valence-electron chi connectivity index (χ1n) is 8.53. The fourth-order valence-corrected chi connectivity index (χ4v) is 2.91. The third-order valence-electron chi connectivity index (χ3n) is 4.58. The van der Waals surface area contributed by atoms with Crippen molar-refractivity contribution < 1.29 is 19.1 Å². The Hall–Kier alpha value is -2.47. The van der Waals surface area contributed by atoms with Gasteiger partial charge in [0.25, 0.3) is 0 Å². The van der Waals surface area contributed by atoms with E-state index in [4.69, 9.17) is 9.15 Å². The molecular weight excluding hydrogens is 320 g/mol. The summed E-state index contributed by atoms with van der Waals surface area (Å²) in [6, 6.07) is 10.9. The van der Waals surface area contributed by atoms with Gasteiger partial charge in [0.05, 0.1) is 19.9 Å². The van der Waals surface area contributed by atoms with Crippen LogP contribution in [0.4, 0.5) is 4.79 Å². The Balaban J connectivity index is 1.44. The van der Waals surface area contributed by atoms with Crippen LogP contribution in [0.15, 0.2) is 47.1 Å². The highest BCUT2D eigenvalue weighted by molar-refractivity contribution is 5.73. The van der Waals surface area contributed by atoms with E-state index in [0.29, 0.717) is 12.3 Å². The van der Waals surface area contributed by atoms with Crippen molar-refractivity contribution in [1.82, 2.24) is 10.6 Å². The molecule has 1 aromatic heterocycles. The first-order valence-corrected chi connectivity index (χ1v) is 8.53. The molecule has 3 rings (SSSR count). The molecule has 6 nitrogen and oxygen atoms in total. The lowest BCUT2D eigenvalue weighted by molar-refractivity contribution is -0.00448. The zero-order valence-electron chi connectivity index (χ0n) is 14.3. The molecule has 1 aromatic carbocycles. The molecule has 3 N–H and O–H groups in total. The van der Waals surface area contributed by atoms with Gasteiger partial charge in [0.1, 0.15) is 17.1 Å². The lowest BCUT2D eigenvalue weighted by Crippen LogP contribution is -2.46. The van der Waals surface area contributed by atoms with Gasteiger partial charge in [-0.25, -0.2) is 4.79 Å². The topological polar surface area (TPSA) is 83.7 Å². The van der Waals surface area contributed by atoms with Gasteiger partial charge in [0, 0.05) is 6.54 Å². The van der Waals surface area contributed by atoms with E-state index in [9.17, 15) is 9.90 Å². The van der Waals surface area contributed by atoms with Crippen molar-refractivity contribution in [3.05, 3.63) is 54.0 Å².